The molecule has 1 aliphatic carbocycles. The van der Waals surface area contributed by atoms with Crippen LogP contribution >= 0.6 is 0 Å². The standard InChI is InChI=1S/C14H15B/c15-14-10-8-13(9-11-14)7-6-12-4-2-1-3-5-12/h8-12H,1-5H2. The molecule has 0 saturated heterocycles. The molecular weight excluding hydrogens is 179 g/mol. The molecule has 1 heteroatoms. The number of rotatable bonds is 0. The summed E-state index contributed by atoms with van der Waals surface area (Å²) in [6.45, 7) is 0. The predicted molar refractivity (Wildman–Crippen MR) is 65.3 cm³/mol. The largest absolute Gasteiger partial charge is 0.113 e. The molecule has 0 heterocycles. The Labute approximate surface area is 93.5 Å². The van der Waals surface area contributed by atoms with Crippen LogP contribution in [-0.2, 0) is 0 Å². The minimum atomic E-state index is 0.622. The lowest BCUT2D eigenvalue weighted by atomic mass is 9.89. The van der Waals surface area contributed by atoms with Crippen molar-refractivity contribution in [2.24, 2.45) is 5.92 Å². The molecule has 1 saturated carbocycles. The molecule has 1 aromatic rings. The minimum absolute atomic E-state index is 0.622. The lowest BCUT2D eigenvalue weighted by Crippen LogP contribution is -2.03. The van der Waals surface area contributed by atoms with Crippen LogP contribution in [0.5, 0.6) is 0 Å². The third-order valence-corrected chi connectivity index (χ3v) is 2.94. The molecule has 0 nitrogen and oxygen atoms in total. The van der Waals surface area contributed by atoms with E-state index in [9.17, 15) is 0 Å². The highest BCUT2D eigenvalue weighted by atomic mass is 14.1. The molecule has 0 spiro atoms. The summed E-state index contributed by atoms with van der Waals surface area (Å²) in [7, 11) is 5.62. The molecule has 1 aromatic carbocycles. The monoisotopic (exact) mass is 194 g/mol. The van der Waals surface area contributed by atoms with Gasteiger partial charge >= 0.3 is 0 Å². The van der Waals surface area contributed by atoms with Gasteiger partial charge in [-0.3, -0.25) is 0 Å². The van der Waals surface area contributed by atoms with Crippen LogP contribution in [0, 0.1) is 17.8 Å². The van der Waals surface area contributed by atoms with E-state index in [0.29, 0.717) is 5.92 Å². The third-order valence-electron chi connectivity index (χ3n) is 2.94. The van der Waals surface area contributed by atoms with E-state index >= 15 is 0 Å². The van der Waals surface area contributed by atoms with Crippen LogP contribution < -0.4 is 5.46 Å². The fraction of sp³-hybridized carbons (Fsp3) is 0.429. The molecule has 0 N–H and O–H groups in total. The molecule has 0 amide bonds. The highest BCUT2D eigenvalue weighted by Gasteiger charge is 2.09. The van der Waals surface area contributed by atoms with E-state index in [1.165, 1.54) is 32.1 Å². The van der Waals surface area contributed by atoms with Gasteiger partial charge in [-0.25, -0.2) is 0 Å². The quantitative estimate of drug-likeness (QED) is 0.439. The molecule has 1 fully saturated rings. The molecule has 0 aliphatic heterocycles. The zero-order valence-corrected chi connectivity index (χ0v) is 9.00. The first kappa shape index (κ1) is 10.4. The van der Waals surface area contributed by atoms with Crippen LogP contribution in [0.25, 0.3) is 0 Å². The molecule has 0 atom stereocenters. The van der Waals surface area contributed by atoms with Crippen molar-refractivity contribution in [3.8, 4) is 11.8 Å². The van der Waals surface area contributed by atoms with Crippen molar-refractivity contribution in [3.63, 3.8) is 0 Å². The van der Waals surface area contributed by atoms with Gasteiger partial charge in [-0.1, -0.05) is 48.7 Å². The van der Waals surface area contributed by atoms with Gasteiger partial charge in [0.25, 0.3) is 0 Å². The minimum Gasteiger partial charge on any atom is -0.0966 e. The first-order valence-corrected chi connectivity index (χ1v) is 5.72. The van der Waals surface area contributed by atoms with Gasteiger partial charge in [0.15, 0.2) is 0 Å². The average Bonchev–Trinajstić information content (AvgIpc) is 2.30. The van der Waals surface area contributed by atoms with Gasteiger partial charge in [0.05, 0.1) is 0 Å². The Kier molecular flexibility index (Phi) is 3.51. The summed E-state index contributed by atoms with van der Waals surface area (Å²) in [5, 5.41) is 0. The van der Waals surface area contributed by atoms with Crippen molar-refractivity contribution in [1.29, 1.82) is 0 Å². The summed E-state index contributed by atoms with van der Waals surface area (Å²) >= 11 is 0. The Bertz CT molecular complexity index is 361. The maximum Gasteiger partial charge on any atom is 0.113 e. The van der Waals surface area contributed by atoms with E-state index in [2.05, 4.69) is 11.8 Å². The summed E-state index contributed by atoms with van der Waals surface area (Å²) in [5.41, 5.74) is 1.88. The second kappa shape index (κ2) is 5.07. The lowest BCUT2D eigenvalue weighted by Gasteiger charge is -2.15. The average molecular weight is 194 g/mol. The van der Waals surface area contributed by atoms with Crippen molar-refractivity contribution in [1.82, 2.24) is 0 Å². The SMILES string of the molecule is [B]c1ccc(C#CC2CCCCC2)cc1. The van der Waals surface area contributed by atoms with Crippen LogP contribution in [0.3, 0.4) is 0 Å². The summed E-state index contributed by atoms with van der Waals surface area (Å²) < 4.78 is 0. The van der Waals surface area contributed by atoms with Gasteiger partial charge in [0, 0.05) is 11.5 Å². The van der Waals surface area contributed by atoms with Crippen molar-refractivity contribution >= 4 is 13.3 Å². The van der Waals surface area contributed by atoms with Gasteiger partial charge in [0.1, 0.15) is 7.85 Å². The van der Waals surface area contributed by atoms with E-state index in [1.807, 2.05) is 24.3 Å². The van der Waals surface area contributed by atoms with Gasteiger partial charge in [-0.05, 0) is 25.0 Å². The number of hydrogen-bond acceptors (Lipinski definition) is 0. The van der Waals surface area contributed by atoms with E-state index in [4.69, 9.17) is 7.85 Å². The van der Waals surface area contributed by atoms with E-state index in [-0.39, 0.29) is 0 Å². The Morgan fingerprint density at radius 1 is 1.00 bits per heavy atom. The zero-order valence-electron chi connectivity index (χ0n) is 9.00. The highest BCUT2D eigenvalue weighted by molar-refractivity contribution is 6.32. The normalized spacial score (nSPS) is 16.8. The molecule has 0 bridgehead atoms. The number of benzene rings is 1. The van der Waals surface area contributed by atoms with E-state index < -0.39 is 0 Å². The molecule has 2 radical (unpaired) electrons. The lowest BCUT2D eigenvalue weighted by molar-refractivity contribution is 0.430. The van der Waals surface area contributed by atoms with Gasteiger partial charge < -0.3 is 0 Å². The molecule has 2 rings (SSSR count). The maximum absolute atomic E-state index is 5.62. The molecule has 0 unspecified atom stereocenters. The topological polar surface area (TPSA) is 0 Å². The Morgan fingerprint density at radius 2 is 1.67 bits per heavy atom. The predicted octanol–water partition coefficient (Wildman–Crippen LogP) is 2.41. The van der Waals surface area contributed by atoms with Crippen molar-refractivity contribution < 1.29 is 0 Å². The third kappa shape index (κ3) is 3.17. The second-order valence-electron chi connectivity index (χ2n) is 4.23. The van der Waals surface area contributed by atoms with Crippen LogP contribution in [0.15, 0.2) is 24.3 Å². The fourth-order valence-corrected chi connectivity index (χ4v) is 2.00. The van der Waals surface area contributed by atoms with Crippen molar-refractivity contribution in [2.45, 2.75) is 32.1 Å². The maximum atomic E-state index is 5.62. The van der Waals surface area contributed by atoms with Crippen molar-refractivity contribution in [2.75, 3.05) is 0 Å². The molecule has 1 aliphatic rings. The smallest absolute Gasteiger partial charge is 0.0966 e. The first-order valence-electron chi connectivity index (χ1n) is 5.72. The van der Waals surface area contributed by atoms with Crippen LogP contribution in [0.1, 0.15) is 37.7 Å². The zero-order chi connectivity index (χ0) is 10.5. The molecular formula is C14H15B. The second-order valence-corrected chi connectivity index (χ2v) is 4.23. The first-order chi connectivity index (χ1) is 7.34. The Morgan fingerprint density at radius 3 is 2.33 bits per heavy atom. The highest BCUT2D eigenvalue weighted by Crippen LogP contribution is 2.22. The Balaban J connectivity index is 2.00. The van der Waals surface area contributed by atoms with Gasteiger partial charge in [-0.15, -0.1) is 0 Å². The molecule has 74 valence electrons. The fourth-order valence-electron chi connectivity index (χ4n) is 2.00. The molecule has 0 aromatic heterocycles. The van der Waals surface area contributed by atoms with Gasteiger partial charge in [-0.2, -0.15) is 0 Å². The number of hydrogen-bond donors (Lipinski definition) is 0. The van der Waals surface area contributed by atoms with Crippen LogP contribution in [0.2, 0.25) is 0 Å². The summed E-state index contributed by atoms with van der Waals surface area (Å²) in [6.07, 6.45) is 6.65. The summed E-state index contributed by atoms with van der Waals surface area (Å²) in [5.74, 6) is 7.22. The molecule has 15 heavy (non-hydrogen) atoms. The van der Waals surface area contributed by atoms with Crippen LogP contribution in [-0.4, -0.2) is 7.85 Å². The van der Waals surface area contributed by atoms with E-state index in [1.54, 1.807) is 0 Å². The van der Waals surface area contributed by atoms with Gasteiger partial charge in [0.2, 0.25) is 0 Å². The van der Waals surface area contributed by atoms with E-state index in [0.717, 1.165) is 11.0 Å². The summed E-state index contributed by atoms with van der Waals surface area (Å²) in [6, 6.07) is 7.80. The van der Waals surface area contributed by atoms with Crippen LogP contribution in [0.4, 0.5) is 0 Å². The summed E-state index contributed by atoms with van der Waals surface area (Å²) in [4.78, 5) is 0. The van der Waals surface area contributed by atoms with Crippen molar-refractivity contribution in [3.05, 3.63) is 29.8 Å². The Hall–Kier alpha value is -1.16.